The van der Waals surface area contributed by atoms with Gasteiger partial charge in [0.1, 0.15) is 0 Å². The third kappa shape index (κ3) is 4.14. The van der Waals surface area contributed by atoms with Crippen molar-refractivity contribution in [1.29, 1.82) is 0 Å². The molecule has 0 aliphatic rings. The third-order valence-corrected chi connectivity index (χ3v) is 16.1. The van der Waals surface area contributed by atoms with Gasteiger partial charge in [-0.25, -0.2) is 0 Å². The Labute approximate surface area is 146 Å². The zero-order valence-corrected chi connectivity index (χ0v) is 17.5. The van der Waals surface area contributed by atoms with Crippen LogP contribution in [-0.4, -0.2) is 13.3 Å². The molecule has 0 saturated carbocycles. The average Bonchev–Trinajstić information content (AvgIpc) is 2.59. The number of rotatable bonds is 6. The minimum atomic E-state index is -1.90. The fourth-order valence-electron chi connectivity index (χ4n) is 2.94. The zero-order chi connectivity index (χ0) is 16.0. The summed E-state index contributed by atoms with van der Waals surface area (Å²) in [5.41, 5.74) is 4.11. The van der Waals surface area contributed by atoms with Crippen LogP contribution >= 0.6 is 15.9 Å². The molecule has 2 heteroatoms. The third-order valence-electron chi connectivity index (χ3n) is 4.80. The SMILES string of the molecule is C[CH2][Ge](/[CH]=C(/c1ccccc1)c1ccc(Br)cc1)([CH2]C)[CH2]C. The first-order valence-corrected chi connectivity index (χ1v) is 14.6. The van der Waals surface area contributed by atoms with Gasteiger partial charge in [-0.2, -0.15) is 0 Å². The maximum absolute atomic E-state index is 3.55. The van der Waals surface area contributed by atoms with Crippen molar-refractivity contribution in [3.63, 3.8) is 0 Å². The zero-order valence-electron chi connectivity index (χ0n) is 13.8. The second-order valence-electron chi connectivity index (χ2n) is 5.85. The molecule has 0 amide bonds. The predicted octanol–water partition coefficient (Wildman–Crippen LogP) is 6.93. The van der Waals surface area contributed by atoms with Crippen molar-refractivity contribution in [2.75, 3.05) is 0 Å². The molecule has 0 atom stereocenters. The molecule has 22 heavy (non-hydrogen) atoms. The van der Waals surface area contributed by atoms with Gasteiger partial charge in [0.2, 0.25) is 0 Å². The molecular formula is C20H25BrGe. The van der Waals surface area contributed by atoms with Crippen molar-refractivity contribution in [3.8, 4) is 0 Å². The summed E-state index contributed by atoms with van der Waals surface area (Å²) in [6.07, 6.45) is 0. The van der Waals surface area contributed by atoms with Gasteiger partial charge in [-0.05, 0) is 0 Å². The van der Waals surface area contributed by atoms with Crippen LogP contribution in [0.1, 0.15) is 31.9 Å². The van der Waals surface area contributed by atoms with Gasteiger partial charge < -0.3 is 0 Å². The van der Waals surface area contributed by atoms with Crippen LogP contribution in [0.2, 0.25) is 15.8 Å². The maximum atomic E-state index is 3.55. The number of benzene rings is 2. The molecular weight excluding hydrogens is 393 g/mol. The second-order valence-corrected chi connectivity index (χ2v) is 17.5. The molecule has 2 aromatic rings. The molecule has 2 aromatic carbocycles. The Balaban J connectivity index is 2.58. The van der Waals surface area contributed by atoms with Gasteiger partial charge in [-0.15, -0.1) is 0 Å². The van der Waals surface area contributed by atoms with E-state index < -0.39 is 13.3 Å². The Morgan fingerprint density at radius 1 is 0.818 bits per heavy atom. The van der Waals surface area contributed by atoms with E-state index in [1.54, 1.807) is 0 Å². The quantitative estimate of drug-likeness (QED) is 0.447. The van der Waals surface area contributed by atoms with Crippen LogP contribution in [0.25, 0.3) is 5.57 Å². The van der Waals surface area contributed by atoms with Crippen LogP contribution in [-0.2, 0) is 0 Å². The molecule has 0 nitrogen and oxygen atoms in total. The summed E-state index contributed by atoms with van der Waals surface area (Å²) in [5, 5.41) is 4.08. The van der Waals surface area contributed by atoms with E-state index in [1.807, 2.05) is 0 Å². The molecule has 0 saturated heterocycles. The number of hydrogen-bond donors (Lipinski definition) is 0. The Kier molecular flexibility index (Phi) is 6.52. The molecule has 0 heterocycles. The predicted molar refractivity (Wildman–Crippen MR) is 105 cm³/mol. The first kappa shape index (κ1) is 17.6. The van der Waals surface area contributed by atoms with Gasteiger partial charge in [0.15, 0.2) is 0 Å². The van der Waals surface area contributed by atoms with Gasteiger partial charge in [0, 0.05) is 0 Å². The number of halogens is 1. The van der Waals surface area contributed by atoms with Gasteiger partial charge in [-0.1, -0.05) is 0 Å². The summed E-state index contributed by atoms with van der Waals surface area (Å²) < 4.78 is 1.14. The van der Waals surface area contributed by atoms with Crippen LogP contribution in [0.15, 0.2) is 64.0 Å². The monoisotopic (exact) mass is 418 g/mol. The summed E-state index contributed by atoms with van der Waals surface area (Å²) >= 11 is 1.65. The van der Waals surface area contributed by atoms with E-state index in [0.29, 0.717) is 0 Å². The van der Waals surface area contributed by atoms with Crippen molar-refractivity contribution in [1.82, 2.24) is 0 Å². The summed E-state index contributed by atoms with van der Waals surface area (Å²) in [6, 6.07) is 19.6. The van der Waals surface area contributed by atoms with Crippen LogP contribution in [0.5, 0.6) is 0 Å². The van der Waals surface area contributed by atoms with Crippen molar-refractivity contribution >= 4 is 34.8 Å². The van der Waals surface area contributed by atoms with E-state index in [-0.39, 0.29) is 0 Å². The molecule has 0 N–H and O–H groups in total. The van der Waals surface area contributed by atoms with Crippen molar-refractivity contribution in [3.05, 3.63) is 75.1 Å². The van der Waals surface area contributed by atoms with E-state index in [1.165, 1.54) is 32.5 Å². The normalized spacial score (nSPS) is 12.5. The molecule has 0 spiro atoms. The van der Waals surface area contributed by atoms with Crippen LogP contribution in [0, 0.1) is 0 Å². The molecule has 0 aliphatic carbocycles. The summed E-state index contributed by atoms with van der Waals surface area (Å²) in [4.78, 5) is 2.69. The van der Waals surface area contributed by atoms with E-state index in [2.05, 4.69) is 96.2 Å². The van der Waals surface area contributed by atoms with E-state index in [9.17, 15) is 0 Å². The van der Waals surface area contributed by atoms with Crippen molar-refractivity contribution < 1.29 is 0 Å². The van der Waals surface area contributed by atoms with E-state index >= 15 is 0 Å². The Bertz CT molecular complexity index is 602. The summed E-state index contributed by atoms with van der Waals surface area (Å²) in [5.74, 6) is 0. The Morgan fingerprint density at radius 2 is 1.32 bits per heavy atom. The van der Waals surface area contributed by atoms with Crippen molar-refractivity contribution in [2.24, 2.45) is 0 Å². The standard InChI is InChI=1S/C20H25BrGe/c1-4-22(5-2,6-3)16-20(17-10-8-7-9-11-17)18-12-14-19(21)15-13-18/h7-16H,4-6H2,1-3H3/b20-16-. The molecule has 0 aliphatic heterocycles. The summed E-state index contributed by atoms with van der Waals surface area (Å²) in [7, 11) is 0. The molecule has 0 bridgehead atoms. The van der Waals surface area contributed by atoms with Crippen LogP contribution < -0.4 is 0 Å². The Hall–Kier alpha value is -0.797. The van der Waals surface area contributed by atoms with E-state index in [0.717, 1.165) is 4.47 Å². The van der Waals surface area contributed by atoms with Crippen molar-refractivity contribution in [2.45, 2.75) is 36.5 Å². The van der Waals surface area contributed by atoms with Gasteiger partial charge in [0.25, 0.3) is 0 Å². The molecule has 0 unspecified atom stereocenters. The molecule has 0 fully saturated rings. The number of hydrogen-bond acceptors (Lipinski definition) is 0. The molecule has 0 aromatic heterocycles. The van der Waals surface area contributed by atoms with Gasteiger partial charge in [-0.3, -0.25) is 0 Å². The fraction of sp³-hybridized carbons (Fsp3) is 0.300. The van der Waals surface area contributed by atoms with Gasteiger partial charge >= 0.3 is 146 Å². The minimum absolute atomic E-state index is 1.14. The van der Waals surface area contributed by atoms with Gasteiger partial charge in [0.05, 0.1) is 0 Å². The van der Waals surface area contributed by atoms with E-state index in [4.69, 9.17) is 0 Å². The first-order chi connectivity index (χ1) is 10.6. The van der Waals surface area contributed by atoms with Crippen LogP contribution in [0.4, 0.5) is 0 Å². The topological polar surface area (TPSA) is 0 Å². The second kappa shape index (κ2) is 8.17. The van der Waals surface area contributed by atoms with Crippen LogP contribution in [0.3, 0.4) is 0 Å². The first-order valence-electron chi connectivity index (χ1n) is 8.18. The summed E-state index contributed by atoms with van der Waals surface area (Å²) in [6.45, 7) is 7.15. The molecule has 2 rings (SSSR count). The fourth-order valence-corrected chi connectivity index (χ4v) is 9.62. The average molecular weight is 418 g/mol. The molecule has 0 radical (unpaired) electrons. The Morgan fingerprint density at radius 3 is 1.82 bits per heavy atom. The molecule has 116 valence electrons.